The molecule has 0 aromatic heterocycles. The maximum atomic E-state index is 12.0. The van der Waals surface area contributed by atoms with Crippen LogP contribution in [0.4, 0.5) is 4.79 Å². The van der Waals surface area contributed by atoms with Crippen molar-refractivity contribution in [3.05, 3.63) is 23.9 Å². The first-order chi connectivity index (χ1) is 11.7. The second kappa shape index (κ2) is 9.58. The SMILES string of the molecule is CC(C)=CNC(=O)N1CC2CNCC(C2)C1=O.O=C(O)/C=C/C(=O)O. The Balaban J connectivity index is 0.000000333. The van der Waals surface area contributed by atoms with Crippen molar-refractivity contribution in [2.24, 2.45) is 11.8 Å². The van der Waals surface area contributed by atoms with Crippen LogP contribution in [0.5, 0.6) is 0 Å². The summed E-state index contributed by atoms with van der Waals surface area (Å²) in [5.41, 5.74) is 1.00. The number of imide groups is 1. The Labute approximate surface area is 145 Å². The molecule has 2 atom stereocenters. The third kappa shape index (κ3) is 7.17. The van der Waals surface area contributed by atoms with E-state index in [1.54, 1.807) is 6.20 Å². The predicted molar refractivity (Wildman–Crippen MR) is 88.6 cm³/mol. The highest BCUT2D eigenvalue weighted by molar-refractivity contribution is 5.96. The minimum Gasteiger partial charge on any atom is -0.478 e. The Bertz CT molecular complexity index is 579. The predicted octanol–water partition coefficient (Wildman–Crippen LogP) is 0.399. The molecule has 2 unspecified atom stereocenters. The van der Waals surface area contributed by atoms with Crippen molar-refractivity contribution in [2.75, 3.05) is 19.6 Å². The maximum Gasteiger partial charge on any atom is 0.328 e. The second-order valence-corrected chi connectivity index (χ2v) is 6.09. The van der Waals surface area contributed by atoms with E-state index in [9.17, 15) is 19.2 Å². The van der Waals surface area contributed by atoms with Gasteiger partial charge in [0.2, 0.25) is 5.91 Å². The lowest BCUT2D eigenvalue weighted by Gasteiger charge is -2.39. The average Bonchev–Trinajstić information content (AvgIpc) is 2.55. The normalized spacial score (nSPS) is 21.8. The Hall–Kier alpha value is -2.68. The Morgan fingerprint density at radius 1 is 1.16 bits per heavy atom. The van der Waals surface area contributed by atoms with E-state index in [1.165, 1.54) is 4.90 Å². The number of urea groups is 1. The monoisotopic (exact) mass is 353 g/mol. The molecule has 0 radical (unpaired) electrons. The van der Waals surface area contributed by atoms with Crippen LogP contribution >= 0.6 is 0 Å². The van der Waals surface area contributed by atoms with E-state index in [1.807, 2.05) is 13.8 Å². The molecule has 2 aliphatic rings. The number of nitrogens with zero attached hydrogens (tertiary/aromatic N) is 1. The molecule has 2 fully saturated rings. The summed E-state index contributed by atoms with van der Waals surface area (Å²) in [5.74, 6) is -2.18. The summed E-state index contributed by atoms with van der Waals surface area (Å²) in [6, 6.07) is -0.298. The lowest BCUT2D eigenvalue weighted by atomic mass is 9.85. The summed E-state index contributed by atoms with van der Waals surface area (Å²) in [7, 11) is 0. The molecule has 2 rings (SSSR count). The highest BCUT2D eigenvalue weighted by Gasteiger charge is 2.39. The Morgan fingerprint density at radius 2 is 1.76 bits per heavy atom. The summed E-state index contributed by atoms with van der Waals surface area (Å²) in [5, 5.41) is 21.5. The van der Waals surface area contributed by atoms with Crippen LogP contribution in [-0.4, -0.2) is 58.6 Å². The molecule has 0 aromatic rings. The molecule has 3 amide bonds. The van der Waals surface area contributed by atoms with Crippen LogP contribution in [0.3, 0.4) is 0 Å². The molecular formula is C16H23N3O6. The van der Waals surface area contributed by atoms with Gasteiger partial charge in [-0.1, -0.05) is 5.57 Å². The van der Waals surface area contributed by atoms with Crippen molar-refractivity contribution < 1.29 is 29.4 Å². The van der Waals surface area contributed by atoms with Crippen molar-refractivity contribution in [1.82, 2.24) is 15.5 Å². The van der Waals surface area contributed by atoms with Crippen molar-refractivity contribution in [3.8, 4) is 0 Å². The fraction of sp³-hybridized carbons (Fsp3) is 0.500. The smallest absolute Gasteiger partial charge is 0.328 e. The second-order valence-electron chi connectivity index (χ2n) is 6.09. The maximum absolute atomic E-state index is 12.0. The minimum atomic E-state index is -1.26. The molecular weight excluding hydrogens is 330 g/mol. The summed E-state index contributed by atoms with van der Waals surface area (Å²) in [4.78, 5) is 44.4. The molecule has 4 N–H and O–H groups in total. The highest BCUT2D eigenvalue weighted by Crippen LogP contribution is 2.25. The molecule has 9 nitrogen and oxygen atoms in total. The van der Waals surface area contributed by atoms with E-state index in [0.29, 0.717) is 31.2 Å². The summed E-state index contributed by atoms with van der Waals surface area (Å²) >= 11 is 0. The van der Waals surface area contributed by atoms with Gasteiger partial charge in [0, 0.05) is 31.4 Å². The van der Waals surface area contributed by atoms with E-state index < -0.39 is 11.9 Å². The van der Waals surface area contributed by atoms with Gasteiger partial charge in [-0.05, 0) is 32.7 Å². The number of rotatable bonds is 3. The quantitative estimate of drug-likeness (QED) is 0.539. The summed E-state index contributed by atoms with van der Waals surface area (Å²) < 4.78 is 0. The van der Waals surface area contributed by atoms with E-state index in [4.69, 9.17) is 10.2 Å². The largest absolute Gasteiger partial charge is 0.478 e. The van der Waals surface area contributed by atoms with Gasteiger partial charge in [0.15, 0.2) is 0 Å². The topological polar surface area (TPSA) is 136 Å². The third-order valence-electron chi connectivity index (χ3n) is 3.60. The minimum absolute atomic E-state index is 0.0278. The van der Waals surface area contributed by atoms with Gasteiger partial charge in [0.25, 0.3) is 0 Å². The van der Waals surface area contributed by atoms with Crippen LogP contribution in [0.1, 0.15) is 20.3 Å². The molecule has 2 bridgehead atoms. The summed E-state index contributed by atoms with van der Waals surface area (Å²) in [6.45, 7) is 5.93. The van der Waals surface area contributed by atoms with Crippen LogP contribution in [0.2, 0.25) is 0 Å². The molecule has 2 saturated heterocycles. The van der Waals surface area contributed by atoms with Gasteiger partial charge in [0.05, 0.1) is 5.92 Å². The Kier molecular flexibility index (Phi) is 7.80. The van der Waals surface area contributed by atoms with Crippen molar-refractivity contribution in [1.29, 1.82) is 0 Å². The van der Waals surface area contributed by atoms with Crippen molar-refractivity contribution >= 4 is 23.9 Å². The van der Waals surface area contributed by atoms with E-state index >= 15 is 0 Å². The molecule has 2 heterocycles. The number of hydrogen-bond donors (Lipinski definition) is 4. The average molecular weight is 353 g/mol. The number of amides is 3. The van der Waals surface area contributed by atoms with Gasteiger partial charge in [-0.15, -0.1) is 0 Å². The Morgan fingerprint density at radius 3 is 2.28 bits per heavy atom. The first-order valence-electron chi connectivity index (χ1n) is 7.80. The van der Waals surface area contributed by atoms with Crippen LogP contribution in [0.15, 0.2) is 23.9 Å². The van der Waals surface area contributed by atoms with Gasteiger partial charge in [0.1, 0.15) is 0 Å². The van der Waals surface area contributed by atoms with E-state index in [2.05, 4.69) is 10.6 Å². The van der Waals surface area contributed by atoms with Gasteiger partial charge in [-0.2, -0.15) is 0 Å². The number of allylic oxidation sites excluding steroid dienone is 1. The van der Waals surface area contributed by atoms with Crippen LogP contribution in [0, 0.1) is 11.8 Å². The third-order valence-corrected chi connectivity index (χ3v) is 3.60. The first kappa shape index (κ1) is 20.4. The van der Waals surface area contributed by atoms with E-state index in [0.717, 1.165) is 18.5 Å². The van der Waals surface area contributed by atoms with Crippen molar-refractivity contribution in [2.45, 2.75) is 20.3 Å². The number of carboxylic acid groups (broad SMARTS) is 2. The van der Waals surface area contributed by atoms with E-state index in [-0.39, 0.29) is 17.9 Å². The van der Waals surface area contributed by atoms with Crippen LogP contribution in [-0.2, 0) is 14.4 Å². The zero-order valence-corrected chi connectivity index (χ0v) is 14.2. The molecule has 0 aliphatic carbocycles. The number of carbonyl (C=O) groups is 4. The number of carbonyl (C=O) groups excluding carboxylic acids is 2. The number of nitrogens with one attached hydrogen (secondary N) is 2. The number of fused-ring (bicyclic) bond motifs is 2. The summed E-state index contributed by atoms with van der Waals surface area (Å²) in [6.07, 6.45) is 3.67. The number of piperidine rings is 2. The number of aliphatic carboxylic acids is 2. The number of carboxylic acids is 2. The molecule has 0 aromatic carbocycles. The first-order valence-corrected chi connectivity index (χ1v) is 7.80. The number of likely N-dealkylation sites (tertiary alicyclic amines) is 1. The van der Waals surface area contributed by atoms with Crippen LogP contribution < -0.4 is 10.6 Å². The molecule has 25 heavy (non-hydrogen) atoms. The van der Waals surface area contributed by atoms with Crippen LogP contribution in [0.25, 0.3) is 0 Å². The standard InChI is InChI=1S/C12H19N3O2.C4H4O4/c1-8(2)4-14-12(17)15-7-9-3-10(11(15)16)6-13-5-9;5-3(6)1-2-4(7)8/h4,9-10,13H,3,5-7H2,1-2H3,(H,14,17);1-2H,(H,5,6)(H,7,8)/b;2-1+. The molecule has 0 saturated carbocycles. The fourth-order valence-electron chi connectivity index (χ4n) is 2.54. The van der Waals surface area contributed by atoms with Gasteiger partial charge in [-0.25, -0.2) is 14.4 Å². The zero-order valence-electron chi connectivity index (χ0n) is 14.2. The lowest BCUT2D eigenvalue weighted by Crippen LogP contribution is -2.57. The van der Waals surface area contributed by atoms with Gasteiger partial charge < -0.3 is 20.8 Å². The molecule has 9 heteroatoms. The lowest BCUT2D eigenvalue weighted by molar-refractivity contribution is -0.137. The van der Waals surface area contributed by atoms with Crippen molar-refractivity contribution in [3.63, 3.8) is 0 Å². The van der Waals surface area contributed by atoms with Gasteiger partial charge in [-0.3, -0.25) is 9.69 Å². The van der Waals surface area contributed by atoms with Gasteiger partial charge >= 0.3 is 18.0 Å². The number of hydrogen-bond acceptors (Lipinski definition) is 5. The molecule has 0 spiro atoms. The highest BCUT2D eigenvalue weighted by atomic mass is 16.4. The molecule has 2 aliphatic heterocycles. The molecule has 138 valence electrons. The fourth-order valence-corrected chi connectivity index (χ4v) is 2.54. The zero-order chi connectivity index (χ0) is 19.0.